The second-order valence-electron chi connectivity index (χ2n) is 7.54. The van der Waals surface area contributed by atoms with Crippen LogP contribution in [-0.2, 0) is 0 Å². The number of aliphatic imine (C=N–C) groups is 1. The van der Waals surface area contributed by atoms with E-state index in [1.165, 1.54) is 5.56 Å². The third-order valence-corrected chi connectivity index (χ3v) is 4.91. The number of rotatable bonds is 5. The Morgan fingerprint density at radius 3 is 2.35 bits per heavy atom. The molecule has 0 spiro atoms. The molecular weight excluding hydrogens is 382 g/mol. The number of amidine groups is 1. The number of pyridine rings is 1. The normalized spacial score (nSPS) is 11.8. The van der Waals surface area contributed by atoms with Gasteiger partial charge in [0, 0.05) is 25.2 Å². The van der Waals surface area contributed by atoms with Gasteiger partial charge in [-0.3, -0.25) is 5.43 Å². The molecule has 0 amide bonds. The predicted molar refractivity (Wildman–Crippen MR) is 131 cm³/mol. The van der Waals surface area contributed by atoms with Gasteiger partial charge in [-0.2, -0.15) is 5.10 Å². The summed E-state index contributed by atoms with van der Waals surface area (Å²) in [4.78, 5) is 11.6. The number of para-hydroxylation sites is 1. The number of benzene rings is 3. The summed E-state index contributed by atoms with van der Waals surface area (Å²) >= 11 is 0. The van der Waals surface area contributed by atoms with E-state index in [0.717, 1.165) is 33.5 Å². The van der Waals surface area contributed by atoms with E-state index in [0.29, 0.717) is 5.84 Å². The Balaban J connectivity index is 1.63. The van der Waals surface area contributed by atoms with Crippen LogP contribution in [0.2, 0.25) is 0 Å². The highest BCUT2D eigenvalue weighted by atomic mass is 15.3. The zero-order valence-electron chi connectivity index (χ0n) is 17.9. The van der Waals surface area contributed by atoms with Crippen LogP contribution in [0.25, 0.3) is 10.9 Å². The minimum absolute atomic E-state index is 0.593. The smallest absolute Gasteiger partial charge is 0.173 e. The molecule has 4 rings (SSSR count). The highest BCUT2D eigenvalue weighted by Crippen LogP contribution is 2.16. The van der Waals surface area contributed by atoms with E-state index in [4.69, 9.17) is 9.98 Å². The first-order chi connectivity index (χ1) is 15.1. The van der Waals surface area contributed by atoms with E-state index < -0.39 is 0 Å². The number of hydrogen-bond acceptors (Lipinski definition) is 4. The Morgan fingerprint density at radius 2 is 1.61 bits per heavy atom. The number of aromatic nitrogens is 1. The fourth-order valence-electron chi connectivity index (χ4n) is 3.11. The highest BCUT2D eigenvalue weighted by molar-refractivity contribution is 6.00. The van der Waals surface area contributed by atoms with Gasteiger partial charge >= 0.3 is 0 Å². The van der Waals surface area contributed by atoms with Gasteiger partial charge < -0.3 is 4.90 Å². The van der Waals surface area contributed by atoms with Crippen LogP contribution >= 0.6 is 0 Å². The van der Waals surface area contributed by atoms with Crippen molar-refractivity contribution in [3.8, 4) is 0 Å². The lowest BCUT2D eigenvalue weighted by Crippen LogP contribution is -2.20. The van der Waals surface area contributed by atoms with Gasteiger partial charge in [-0.25, -0.2) is 9.98 Å². The standard InChI is InChI=1S/C26H25N5/c1-19-8-13-22(14-9-19)28-26(25-17-12-21-6-4-5-7-24(21)29-25)30-27-18-20-10-15-23(16-11-20)31(2)3/h4-18H,1-3H3,(H,28,30)/b27-18+. The van der Waals surface area contributed by atoms with Gasteiger partial charge in [-0.15, -0.1) is 0 Å². The zero-order chi connectivity index (χ0) is 21.6. The third-order valence-electron chi connectivity index (χ3n) is 4.91. The molecule has 1 N–H and O–H groups in total. The van der Waals surface area contributed by atoms with Crippen LogP contribution < -0.4 is 10.3 Å². The van der Waals surface area contributed by atoms with Crippen LogP contribution in [0.4, 0.5) is 11.4 Å². The molecule has 3 aromatic carbocycles. The Labute approximate surface area is 182 Å². The molecule has 4 aromatic rings. The first kappa shape index (κ1) is 20.3. The topological polar surface area (TPSA) is 52.9 Å². The maximum Gasteiger partial charge on any atom is 0.173 e. The first-order valence-electron chi connectivity index (χ1n) is 10.2. The second-order valence-corrected chi connectivity index (χ2v) is 7.54. The van der Waals surface area contributed by atoms with E-state index >= 15 is 0 Å². The molecule has 0 bridgehead atoms. The lowest BCUT2D eigenvalue weighted by atomic mass is 10.2. The molecule has 0 saturated heterocycles. The first-order valence-corrected chi connectivity index (χ1v) is 10.2. The summed E-state index contributed by atoms with van der Waals surface area (Å²) in [6.45, 7) is 2.06. The van der Waals surface area contributed by atoms with Gasteiger partial charge in [-0.1, -0.05) is 54.1 Å². The molecule has 1 aromatic heterocycles. The third kappa shape index (κ3) is 5.14. The van der Waals surface area contributed by atoms with Crippen molar-refractivity contribution in [1.29, 1.82) is 0 Å². The summed E-state index contributed by atoms with van der Waals surface area (Å²) in [6.07, 6.45) is 1.78. The molecule has 0 aliphatic rings. The van der Waals surface area contributed by atoms with Crippen molar-refractivity contribution in [2.75, 3.05) is 19.0 Å². The lowest BCUT2D eigenvalue weighted by molar-refractivity contribution is 1.02. The summed E-state index contributed by atoms with van der Waals surface area (Å²) in [7, 11) is 4.05. The van der Waals surface area contributed by atoms with Crippen molar-refractivity contribution in [3.63, 3.8) is 0 Å². The molecule has 5 heteroatoms. The predicted octanol–water partition coefficient (Wildman–Crippen LogP) is 5.31. The van der Waals surface area contributed by atoms with Gasteiger partial charge in [0.2, 0.25) is 0 Å². The molecule has 0 saturated carbocycles. The number of hydrazone groups is 1. The molecule has 5 nitrogen and oxygen atoms in total. The summed E-state index contributed by atoms with van der Waals surface area (Å²) in [5.41, 5.74) is 8.93. The van der Waals surface area contributed by atoms with Crippen molar-refractivity contribution in [2.24, 2.45) is 10.1 Å². The number of aryl methyl sites for hydroxylation is 1. The van der Waals surface area contributed by atoms with Crippen LogP contribution in [0, 0.1) is 6.92 Å². The minimum Gasteiger partial charge on any atom is -0.378 e. The van der Waals surface area contributed by atoms with Crippen LogP contribution in [0.1, 0.15) is 16.8 Å². The number of anilines is 1. The largest absolute Gasteiger partial charge is 0.378 e. The number of hydrogen-bond donors (Lipinski definition) is 1. The van der Waals surface area contributed by atoms with Gasteiger partial charge in [0.1, 0.15) is 5.69 Å². The van der Waals surface area contributed by atoms with Gasteiger partial charge in [0.05, 0.1) is 17.4 Å². The van der Waals surface area contributed by atoms with Crippen molar-refractivity contribution in [1.82, 2.24) is 10.4 Å². The fourth-order valence-corrected chi connectivity index (χ4v) is 3.11. The molecule has 0 unspecified atom stereocenters. The van der Waals surface area contributed by atoms with Crippen molar-refractivity contribution in [3.05, 3.63) is 102 Å². The van der Waals surface area contributed by atoms with Crippen LogP contribution in [0.5, 0.6) is 0 Å². The Morgan fingerprint density at radius 1 is 0.871 bits per heavy atom. The Hall–Kier alpha value is -3.99. The molecule has 1 heterocycles. The van der Waals surface area contributed by atoms with E-state index in [1.807, 2.05) is 86.9 Å². The van der Waals surface area contributed by atoms with Crippen molar-refractivity contribution >= 4 is 34.3 Å². The summed E-state index contributed by atoms with van der Waals surface area (Å²) < 4.78 is 0. The average molecular weight is 408 g/mol. The van der Waals surface area contributed by atoms with Crippen molar-refractivity contribution in [2.45, 2.75) is 6.92 Å². The number of nitrogens with one attached hydrogen (secondary N) is 1. The van der Waals surface area contributed by atoms with E-state index in [-0.39, 0.29) is 0 Å². The molecule has 0 aliphatic heterocycles. The van der Waals surface area contributed by atoms with Crippen LogP contribution in [0.15, 0.2) is 95.0 Å². The summed E-state index contributed by atoms with van der Waals surface area (Å²) in [6, 6.07) is 28.3. The maximum absolute atomic E-state index is 4.77. The van der Waals surface area contributed by atoms with Gasteiger partial charge in [0.15, 0.2) is 5.84 Å². The zero-order valence-corrected chi connectivity index (χ0v) is 17.9. The highest BCUT2D eigenvalue weighted by Gasteiger charge is 2.07. The summed E-state index contributed by atoms with van der Waals surface area (Å²) in [5, 5.41) is 5.52. The van der Waals surface area contributed by atoms with E-state index in [1.54, 1.807) is 6.21 Å². The monoisotopic (exact) mass is 407 g/mol. The van der Waals surface area contributed by atoms with Crippen LogP contribution in [-0.4, -0.2) is 31.1 Å². The van der Waals surface area contributed by atoms with Gasteiger partial charge in [0.25, 0.3) is 0 Å². The molecule has 0 fully saturated rings. The molecule has 0 radical (unpaired) electrons. The fraction of sp³-hybridized carbons (Fsp3) is 0.115. The van der Waals surface area contributed by atoms with E-state index in [2.05, 4.69) is 34.5 Å². The number of nitrogens with zero attached hydrogens (tertiary/aromatic N) is 4. The number of fused-ring (bicyclic) bond motifs is 1. The van der Waals surface area contributed by atoms with Gasteiger partial charge in [-0.05, 0) is 48.9 Å². The maximum atomic E-state index is 4.77. The lowest BCUT2D eigenvalue weighted by Gasteiger charge is -2.11. The molecule has 0 atom stereocenters. The summed E-state index contributed by atoms with van der Waals surface area (Å²) in [5.74, 6) is 0.593. The Kier molecular flexibility index (Phi) is 6.03. The molecular formula is C26H25N5. The average Bonchev–Trinajstić information content (AvgIpc) is 2.80. The van der Waals surface area contributed by atoms with E-state index in [9.17, 15) is 0 Å². The SMILES string of the molecule is Cc1ccc(N=C(N/N=C/c2ccc(N(C)C)cc2)c2ccc3ccccc3n2)cc1. The molecule has 154 valence electrons. The minimum atomic E-state index is 0.593. The quantitative estimate of drug-likeness (QED) is 0.277. The molecule has 0 aliphatic carbocycles. The Bertz CT molecular complexity index is 1220. The van der Waals surface area contributed by atoms with Crippen molar-refractivity contribution < 1.29 is 0 Å². The van der Waals surface area contributed by atoms with Crippen LogP contribution in [0.3, 0.4) is 0 Å². The molecule has 31 heavy (non-hydrogen) atoms. The second kappa shape index (κ2) is 9.22.